The molecule has 0 saturated carbocycles. The molecule has 0 spiro atoms. The van der Waals surface area contributed by atoms with Gasteiger partial charge in [0.25, 0.3) is 18.2 Å². The number of nitrogens with zero attached hydrogens (tertiary/aromatic N) is 3. The van der Waals surface area contributed by atoms with Gasteiger partial charge in [0.1, 0.15) is 11.3 Å². The average molecular weight is 403 g/mol. The maximum absolute atomic E-state index is 13.3. The van der Waals surface area contributed by atoms with Gasteiger partial charge in [-0.15, -0.1) is 0 Å². The van der Waals surface area contributed by atoms with Crippen molar-refractivity contribution in [2.24, 2.45) is 0 Å². The predicted molar refractivity (Wildman–Crippen MR) is 80.2 cm³/mol. The number of rotatable bonds is 4. The normalized spacial score (nSPS) is 14.0. The molecule has 12 heteroatoms. The largest absolute Gasteiger partial charge is 0.436 e. The van der Waals surface area contributed by atoms with Crippen LogP contribution >= 0.6 is 0 Å². The van der Waals surface area contributed by atoms with Gasteiger partial charge in [0.05, 0.1) is 11.1 Å². The molecule has 7 nitrogen and oxygen atoms in total. The van der Waals surface area contributed by atoms with Crippen molar-refractivity contribution < 1.29 is 41.2 Å². The number of fused-ring (bicyclic) bond motifs is 1. The van der Waals surface area contributed by atoms with Crippen LogP contribution in [0.15, 0.2) is 24.3 Å². The lowest BCUT2D eigenvalue weighted by atomic mass is 10.1. The molecule has 0 atom stereocenters. The van der Waals surface area contributed by atoms with E-state index in [2.05, 4.69) is 9.94 Å². The van der Waals surface area contributed by atoms with Gasteiger partial charge in [0, 0.05) is 6.54 Å². The summed E-state index contributed by atoms with van der Waals surface area (Å²) >= 11 is 0. The van der Waals surface area contributed by atoms with Gasteiger partial charge in [-0.3, -0.25) is 14.3 Å². The van der Waals surface area contributed by atoms with Crippen LogP contribution in [-0.2, 0) is 17.6 Å². The molecule has 0 N–H and O–H groups in total. The molecule has 28 heavy (non-hydrogen) atoms. The highest BCUT2D eigenvalue weighted by atomic mass is 19.4. The molecule has 1 aromatic heterocycles. The van der Waals surface area contributed by atoms with E-state index in [1.807, 2.05) is 0 Å². The van der Waals surface area contributed by atoms with Crippen LogP contribution in [-0.4, -0.2) is 32.6 Å². The summed E-state index contributed by atoms with van der Waals surface area (Å²) in [6.45, 7) is 0.862. The summed E-state index contributed by atoms with van der Waals surface area (Å²) in [5, 5.41) is 2.95. The molecule has 0 radical (unpaired) electrons. The van der Waals surface area contributed by atoms with Gasteiger partial charge in [-0.05, 0) is 19.1 Å². The minimum absolute atomic E-state index is 0.0638. The average Bonchev–Trinajstić information content (AvgIpc) is 3.14. The van der Waals surface area contributed by atoms with Gasteiger partial charge in [-0.2, -0.15) is 18.3 Å². The lowest BCUT2D eigenvalue weighted by molar-refractivity contribution is -0.142. The van der Waals surface area contributed by atoms with Gasteiger partial charge in [-0.1, -0.05) is 17.2 Å². The van der Waals surface area contributed by atoms with E-state index in [9.17, 15) is 36.3 Å². The third-order valence-electron chi connectivity index (χ3n) is 3.90. The Morgan fingerprint density at radius 3 is 2.11 bits per heavy atom. The lowest BCUT2D eigenvalue weighted by Crippen LogP contribution is -2.33. The quantitative estimate of drug-likeness (QED) is 0.579. The fraction of sp³-hybridized carbons (Fsp3) is 0.250. The van der Waals surface area contributed by atoms with Crippen LogP contribution in [0.25, 0.3) is 0 Å². The number of hydrogen-bond acceptors (Lipinski definition) is 5. The Bertz CT molecular complexity index is 948. The van der Waals surface area contributed by atoms with Crippen molar-refractivity contribution in [1.29, 1.82) is 0 Å². The van der Waals surface area contributed by atoms with Crippen LogP contribution in [0.5, 0.6) is 0 Å². The van der Waals surface area contributed by atoms with Crippen molar-refractivity contribution >= 4 is 17.8 Å². The van der Waals surface area contributed by atoms with Gasteiger partial charge in [-0.25, -0.2) is 13.6 Å². The molecule has 1 aliphatic rings. The highest BCUT2D eigenvalue weighted by Gasteiger charge is 2.46. The summed E-state index contributed by atoms with van der Waals surface area (Å²) in [5.41, 5.74) is -5.06. The zero-order valence-corrected chi connectivity index (χ0v) is 14.0. The topological polar surface area (TPSA) is 81.5 Å². The van der Waals surface area contributed by atoms with E-state index in [4.69, 9.17) is 0 Å². The Kier molecular flexibility index (Phi) is 4.65. The van der Waals surface area contributed by atoms with E-state index >= 15 is 0 Å². The summed E-state index contributed by atoms with van der Waals surface area (Å²) in [6, 6.07) is 5.31. The fourth-order valence-corrected chi connectivity index (χ4v) is 2.72. The Balaban J connectivity index is 2.03. The summed E-state index contributed by atoms with van der Waals surface area (Å²) < 4.78 is 66.6. The highest BCUT2D eigenvalue weighted by molar-refractivity contribution is 6.21. The number of benzene rings is 1. The van der Waals surface area contributed by atoms with Crippen LogP contribution < -0.4 is 0 Å². The molecule has 2 amide bonds. The number of halogens is 5. The molecule has 2 aromatic rings. The van der Waals surface area contributed by atoms with E-state index in [1.165, 1.54) is 31.2 Å². The number of hydroxylamine groups is 2. The summed E-state index contributed by atoms with van der Waals surface area (Å²) in [5.74, 6) is -4.16. The lowest BCUT2D eigenvalue weighted by Gasteiger charge is -2.14. The predicted octanol–water partition coefficient (Wildman–Crippen LogP) is 3.23. The van der Waals surface area contributed by atoms with Crippen LogP contribution in [0.3, 0.4) is 0 Å². The third kappa shape index (κ3) is 3.00. The molecule has 0 fully saturated rings. The van der Waals surface area contributed by atoms with Crippen molar-refractivity contribution in [1.82, 2.24) is 14.8 Å². The molecule has 3 rings (SSSR count). The Morgan fingerprint density at radius 1 is 1.14 bits per heavy atom. The van der Waals surface area contributed by atoms with Crippen LogP contribution in [0.1, 0.15) is 55.8 Å². The van der Waals surface area contributed by atoms with Gasteiger partial charge in [0.15, 0.2) is 5.69 Å². The smallest absolute Gasteiger partial charge is 0.324 e. The maximum atomic E-state index is 13.3. The minimum atomic E-state index is -5.25. The van der Waals surface area contributed by atoms with Gasteiger partial charge >= 0.3 is 12.1 Å². The highest BCUT2D eigenvalue weighted by Crippen LogP contribution is 2.37. The second-order valence-electron chi connectivity index (χ2n) is 5.55. The molecule has 0 bridgehead atoms. The molecule has 1 aromatic carbocycles. The zero-order chi connectivity index (χ0) is 20.8. The summed E-state index contributed by atoms with van der Waals surface area (Å²) in [4.78, 5) is 41.2. The van der Waals surface area contributed by atoms with Crippen LogP contribution in [0.4, 0.5) is 22.0 Å². The molecule has 2 heterocycles. The Morgan fingerprint density at radius 2 is 1.68 bits per heavy atom. The molecule has 0 saturated heterocycles. The number of imide groups is 1. The number of hydrogen-bond donors (Lipinski definition) is 0. The number of amides is 2. The van der Waals surface area contributed by atoms with Gasteiger partial charge < -0.3 is 4.84 Å². The zero-order valence-electron chi connectivity index (χ0n) is 14.0. The number of aromatic nitrogens is 2. The molecule has 0 aliphatic carbocycles. The number of carbonyl (C=O) groups excluding carboxylic acids is 3. The Hall–Kier alpha value is -3.31. The maximum Gasteiger partial charge on any atom is 0.436 e. The van der Waals surface area contributed by atoms with Crippen molar-refractivity contribution in [3.8, 4) is 0 Å². The van der Waals surface area contributed by atoms with Crippen LogP contribution in [0.2, 0.25) is 0 Å². The van der Waals surface area contributed by atoms with E-state index in [0.29, 0.717) is 4.68 Å². The third-order valence-corrected chi connectivity index (χ3v) is 3.90. The van der Waals surface area contributed by atoms with E-state index in [-0.39, 0.29) is 22.7 Å². The molecule has 1 aliphatic heterocycles. The first-order chi connectivity index (χ1) is 13.1. The first-order valence-corrected chi connectivity index (χ1v) is 7.74. The first kappa shape index (κ1) is 19.5. The fourth-order valence-electron chi connectivity index (χ4n) is 2.72. The monoisotopic (exact) mass is 403 g/mol. The number of alkyl halides is 5. The number of carbonyl (C=O) groups is 3. The SMILES string of the molecule is CCn1nc(C(F)(F)F)c(C(=O)ON2C(=O)c3ccccc3C2=O)c1C(F)F. The van der Waals surface area contributed by atoms with Gasteiger partial charge in [0.2, 0.25) is 0 Å². The molecular weight excluding hydrogens is 393 g/mol. The van der Waals surface area contributed by atoms with Crippen LogP contribution in [0, 0.1) is 0 Å². The van der Waals surface area contributed by atoms with E-state index in [1.54, 1.807) is 0 Å². The standard InChI is InChI=1S/C16H10F5N3O4/c1-2-23-10(12(17)18)9(11(22-23)16(19,20)21)15(27)28-24-13(25)7-5-3-4-6-8(7)14(24)26/h3-6,12H,2H2,1H3. The van der Waals surface area contributed by atoms with Crippen molar-refractivity contribution in [2.45, 2.75) is 26.1 Å². The minimum Gasteiger partial charge on any atom is -0.324 e. The van der Waals surface area contributed by atoms with Crippen molar-refractivity contribution in [3.63, 3.8) is 0 Å². The second kappa shape index (κ2) is 6.69. The first-order valence-electron chi connectivity index (χ1n) is 7.74. The summed E-state index contributed by atoms with van der Waals surface area (Å²) in [7, 11) is 0. The molecule has 0 unspecified atom stereocenters. The van der Waals surface area contributed by atoms with Crippen molar-refractivity contribution in [2.75, 3.05) is 0 Å². The second-order valence-corrected chi connectivity index (χ2v) is 5.55. The van der Waals surface area contributed by atoms with E-state index in [0.717, 1.165) is 0 Å². The molecule has 148 valence electrons. The van der Waals surface area contributed by atoms with Crippen molar-refractivity contribution in [3.05, 3.63) is 52.3 Å². The Labute approximate surface area is 153 Å². The molecular formula is C16H10F5N3O4. The van der Waals surface area contributed by atoms with E-state index < -0.39 is 47.3 Å². The summed E-state index contributed by atoms with van der Waals surface area (Å²) in [6.07, 6.45) is -8.74. The number of aryl methyl sites for hydroxylation is 1.